The van der Waals surface area contributed by atoms with Crippen molar-refractivity contribution in [3.05, 3.63) is 91.4 Å². The summed E-state index contributed by atoms with van der Waals surface area (Å²) in [6, 6.07) is 6.19. The van der Waals surface area contributed by atoms with Crippen molar-refractivity contribution < 1.29 is 0 Å². The van der Waals surface area contributed by atoms with E-state index in [4.69, 9.17) is 0 Å². The Morgan fingerprint density at radius 2 is 1.60 bits per heavy atom. The van der Waals surface area contributed by atoms with Crippen LogP contribution in [0.15, 0.2) is 63.6 Å². The van der Waals surface area contributed by atoms with Crippen LogP contribution in [0.25, 0.3) is 0 Å². The molecule has 0 aliphatic rings. The molecule has 0 aliphatic carbocycles. The van der Waals surface area contributed by atoms with Gasteiger partial charge in [0, 0.05) is 54.3 Å². The molecular weight excluding hydrogens is 382 g/mol. The van der Waals surface area contributed by atoms with Crippen molar-refractivity contribution in [1.82, 2.24) is 23.9 Å². The monoisotopic (exact) mass is 409 g/mol. The lowest BCUT2D eigenvalue weighted by molar-refractivity contribution is 0.448. The first kappa shape index (κ1) is 21.4. The average Bonchev–Trinajstić information content (AvgIpc) is 2.71. The van der Waals surface area contributed by atoms with Gasteiger partial charge in [0.1, 0.15) is 0 Å². The van der Waals surface area contributed by atoms with Gasteiger partial charge >= 0.3 is 0 Å². The highest BCUT2D eigenvalue weighted by molar-refractivity contribution is 5.11. The first-order valence-electron chi connectivity index (χ1n) is 10.1. The second-order valence-electron chi connectivity index (χ2n) is 7.88. The van der Waals surface area contributed by atoms with Crippen LogP contribution in [0.3, 0.4) is 0 Å². The van der Waals surface area contributed by atoms with Crippen LogP contribution in [-0.4, -0.2) is 23.9 Å². The van der Waals surface area contributed by atoms with Crippen molar-refractivity contribution in [2.75, 3.05) is 0 Å². The number of rotatable bonds is 7. The van der Waals surface area contributed by atoms with Gasteiger partial charge < -0.3 is 4.57 Å². The van der Waals surface area contributed by atoms with Crippen molar-refractivity contribution in [3.63, 3.8) is 0 Å². The highest BCUT2D eigenvalue weighted by atomic mass is 16.1. The molecule has 3 heterocycles. The molecule has 0 saturated carbocycles. The Morgan fingerprint density at radius 1 is 0.867 bits per heavy atom. The third kappa shape index (κ3) is 4.48. The molecule has 3 rings (SSSR count). The topological polar surface area (TPSA) is 91.8 Å². The summed E-state index contributed by atoms with van der Waals surface area (Å²) in [7, 11) is 0. The fraction of sp³-hybridized carbons (Fsp3) is 0.409. The first-order chi connectivity index (χ1) is 14.3. The van der Waals surface area contributed by atoms with Gasteiger partial charge in [0.2, 0.25) is 0 Å². The zero-order valence-electron chi connectivity index (χ0n) is 17.7. The van der Waals surface area contributed by atoms with E-state index in [0.717, 1.165) is 0 Å². The molecule has 8 nitrogen and oxygen atoms in total. The zero-order chi connectivity index (χ0) is 21.8. The Bertz CT molecular complexity index is 1190. The molecule has 0 aromatic carbocycles. The standard InChI is InChI=1S/C22H27N5O3/c1-15(2)26-14-23-13-19(21(26)29)12-17(4)27-22(30)18(8-9-24-27)11-16(3)25-10-6-5-7-20(25)28/h5-10,13-17H,11-12H2,1-4H3. The van der Waals surface area contributed by atoms with E-state index in [2.05, 4.69) is 10.1 Å². The molecule has 8 heteroatoms. The molecule has 0 spiro atoms. The SMILES string of the molecule is CC(C)n1cncc(CC(C)n2nccc(CC(C)n3ccccc3=O)c2=O)c1=O. The van der Waals surface area contributed by atoms with Crippen molar-refractivity contribution in [1.29, 1.82) is 0 Å². The molecule has 0 amide bonds. The molecule has 0 bridgehead atoms. The summed E-state index contributed by atoms with van der Waals surface area (Å²) in [5.41, 5.74) is 0.695. The number of aromatic nitrogens is 5. The van der Waals surface area contributed by atoms with Crippen molar-refractivity contribution >= 4 is 0 Å². The van der Waals surface area contributed by atoms with E-state index >= 15 is 0 Å². The largest absolute Gasteiger partial charge is 0.312 e. The molecule has 3 aromatic heterocycles. The highest BCUT2D eigenvalue weighted by Crippen LogP contribution is 2.12. The summed E-state index contributed by atoms with van der Waals surface area (Å²) in [5, 5.41) is 4.23. The summed E-state index contributed by atoms with van der Waals surface area (Å²) in [4.78, 5) is 41.9. The van der Waals surface area contributed by atoms with Crippen molar-refractivity contribution in [2.45, 2.75) is 58.7 Å². The van der Waals surface area contributed by atoms with Crippen LogP contribution in [-0.2, 0) is 12.8 Å². The van der Waals surface area contributed by atoms with Crippen molar-refractivity contribution in [2.24, 2.45) is 0 Å². The summed E-state index contributed by atoms with van der Waals surface area (Å²) in [6.45, 7) is 7.60. The molecule has 0 saturated heterocycles. The second kappa shape index (κ2) is 9.02. The summed E-state index contributed by atoms with van der Waals surface area (Å²) >= 11 is 0. The van der Waals surface area contributed by atoms with Gasteiger partial charge in [-0.3, -0.25) is 19.0 Å². The number of pyridine rings is 1. The predicted octanol–water partition coefficient (Wildman–Crippen LogP) is 2.15. The number of hydrogen-bond acceptors (Lipinski definition) is 5. The van der Waals surface area contributed by atoms with E-state index in [1.54, 1.807) is 45.9 Å². The fourth-order valence-electron chi connectivity index (χ4n) is 3.54. The molecule has 0 aliphatic heterocycles. The summed E-state index contributed by atoms with van der Waals surface area (Å²) in [6.07, 6.45) is 7.14. The average molecular weight is 409 g/mol. The van der Waals surface area contributed by atoms with Crippen LogP contribution >= 0.6 is 0 Å². The Morgan fingerprint density at radius 3 is 2.30 bits per heavy atom. The van der Waals surface area contributed by atoms with E-state index in [9.17, 15) is 14.4 Å². The molecule has 2 atom stereocenters. The minimum Gasteiger partial charge on any atom is -0.312 e. The van der Waals surface area contributed by atoms with Crippen LogP contribution in [0, 0.1) is 0 Å². The van der Waals surface area contributed by atoms with Crippen LogP contribution < -0.4 is 16.7 Å². The van der Waals surface area contributed by atoms with Gasteiger partial charge in [-0.2, -0.15) is 5.10 Å². The first-order valence-corrected chi connectivity index (χ1v) is 10.1. The maximum Gasteiger partial charge on any atom is 0.270 e. The van der Waals surface area contributed by atoms with Crippen LogP contribution in [0.2, 0.25) is 0 Å². The Kier molecular flexibility index (Phi) is 6.44. The lowest BCUT2D eigenvalue weighted by Gasteiger charge is -2.18. The third-order valence-electron chi connectivity index (χ3n) is 5.21. The van der Waals surface area contributed by atoms with E-state index in [-0.39, 0.29) is 34.8 Å². The maximum absolute atomic E-state index is 13.0. The fourth-order valence-corrected chi connectivity index (χ4v) is 3.54. The Balaban J connectivity index is 1.85. The quantitative estimate of drug-likeness (QED) is 0.596. The molecular formula is C22H27N5O3. The number of nitrogens with zero attached hydrogens (tertiary/aromatic N) is 5. The Hall–Kier alpha value is -3.29. The van der Waals surface area contributed by atoms with Crippen molar-refractivity contribution in [3.8, 4) is 0 Å². The van der Waals surface area contributed by atoms with E-state index < -0.39 is 0 Å². The van der Waals surface area contributed by atoms with Gasteiger partial charge in [-0.15, -0.1) is 0 Å². The minimum absolute atomic E-state index is 0.00677. The zero-order valence-corrected chi connectivity index (χ0v) is 17.7. The van der Waals surface area contributed by atoms with E-state index in [0.29, 0.717) is 24.0 Å². The van der Waals surface area contributed by atoms with Gasteiger partial charge in [0.05, 0.1) is 12.4 Å². The molecule has 3 aromatic rings. The van der Waals surface area contributed by atoms with Gasteiger partial charge in [0.25, 0.3) is 16.7 Å². The van der Waals surface area contributed by atoms with E-state index in [1.165, 1.54) is 17.1 Å². The molecule has 30 heavy (non-hydrogen) atoms. The molecule has 158 valence electrons. The maximum atomic E-state index is 13.0. The van der Waals surface area contributed by atoms with E-state index in [1.807, 2.05) is 27.7 Å². The number of hydrogen-bond donors (Lipinski definition) is 0. The van der Waals surface area contributed by atoms with Crippen LogP contribution in [0.5, 0.6) is 0 Å². The van der Waals surface area contributed by atoms with Gasteiger partial charge in [-0.05, 0) is 46.2 Å². The lowest BCUT2D eigenvalue weighted by Crippen LogP contribution is -2.33. The summed E-state index contributed by atoms with van der Waals surface area (Å²) in [5.74, 6) is 0. The highest BCUT2D eigenvalue weighted by Gasteiger charge is 2.17. The van der Waals surface area contributed by atoms with Gasteiger partial charge in [-0.25, -0.2) is 9.67 Å². The van der Waals surface area contributed by atoms with Gasteiger partial charge in [-0.1, -0.05) is 6.07 Å². The second-order valence-corrected chi connectivity index (χ2v) is 7.88. The smallest absolute Gasteiger partial charge is 0.270 e. The minimum atomic E-state index is -0.315. The third-order valence-corrected chi connectivity index (χ3v) is 5.21. The summed E-state index contributed by atoms with van der Waals surface area (Å²) < 4.78 is 4.59. The molecule has 0 radical (unpaired) electrons. The molecule has 0 fully saturated rings. The van der Waals surface area contributed by atoms with Gasteiger partial charge in [0.15, 0.2) is 0 Å². The van der Waals surface area contributed by atoms with Crippen LogP contribution in [0.4, 0.5) is 0 Å². The van der Waals surface area contributed by atoms with Crippen LogP contribution in [0.1, 0.15) is 56.9 Å². The normalized spacial score (nSPS) is 13.4. The predicted molar refractivity (Wildman–Crippen MR) is 115 cm³/mol. The lowest BCUT2D eigenvalue weighted by atomic mass is 10.1. The molecule has 2 unspecified atom stereocenters. The molecule has 0 N–H and O–H groups in total. The Labute approximate surface area is 174 Å².